The number of benzene rings is 1. The minimum absolute atomic E-state index is 0.0261. The molecule has 2 N–H and O–H groups in total. The van der Waals surface area contributed by atoms with Gasteiger partial charge in [-0.25, -0.2) is 8.78 Å². The smallest absolute Gasteiger partial charge is 0.220 e. The van der Waals surface area contributed by atoms with Crippen LogP contribution in [0.4, 0.5) is 8.78 Å². The number of rotatable bonds is 6. The third kappa shape index (κ3) is 5.86. The van der Waals surface area contributed by atoms with Crippen LogP contribution in [0, 0.1) is 17.6 Å². The predicted octanol–water partition coefficient (Wildman–Crippen LogP) is 1.77. The van der Waals surface area contributed by atoms with Gasteiger partial charge in [-0.15, -0.1) is 0 Å². The van der Waals surface area contributed by atoms with Crippen molar-refractivity contribution in [2.24, 2.45) is 10.9 Å². The van der Waals surface area contributed by atoms with Crippen LogP contribution < -0.4 is 15.4 Å². The van der Waals surface area contributed by atoms with Crippen molar-refractivity contribution in [2.45, 2.75) is 19.3 Å². The predicted molar refractivity (Wildman–Crippen MR) is 96.2 cm³/mol. The molecule has 0 radical (unpaired) electrons. The van der Waals surface area contributed by atoms with Crippen molar-refractivity contribution in [3.63, 3.8) is 0 Å². The molecule has 0 spiro atoms. The molecule has 6 nitrogen and oxygen atoms in total. The molecule has 144 valence electrons. The topological polar surface area (TPSA) is 66.0 Å². The number of halogens is 2. The van der Waals surface area contributed by atoms with Gasteiger partial charge in [0.25, 0.3) is 0 Å². The summed E-state index contributed by atoms with van der Waals surface area (Å²) in [5.41, 5.74) is 0. The van der Waals surface area contributed by atoms with Crippen LogP contribution in [0.25, 0.3) is 0 Å². The molecule has 0 atom stereocenters. The van der Waals surface area contributed by atoms with E-state index in [1.165, 1.54) is 6.07 Å². The van der Waals surface area contributed by atoms with Crippen LogP contribution in [0.3, 0.4) is 0 Å². The van der Waals surface area contributed by atoms with E-state index in [9.17, 15) is 13.6 Å². The zero-order chi connectivity index (χ0) is 18.9. The average Bonchev–Trinajstić information content (AvgIpc) is 2.64. The first kappa shape index (κ1) is 19.9. The lowest BCUT2D eigenvalue weighted by Crippen LogP contribution is -2.46. The fourth-order valence-electron chi connectivity index (χ4n) is 2.96. The quantitative estimate of drug-likeness (QED) is 0.456. The second-order valence-corrected chi connectivity index (χ2v) is 6.20. The normalized spacial score (nSPS) is 15.7. The summed E-state index contributed by atoms with van der Waals surface area (Å²) in [5, 5.41) is 5.84. The fourth-order valence-corrected chi connectivity index (χ4v) is 2.96. The Labute approximate surface area is 152 Å². The highest BCUT2D eigenvalue weighted by atomic mass is 19.1. The average molecular weight is 368 g/mol. The molecular weight excluding hydrogens is 342 g/mol. The van der Waals surface area contributed by atoms with Crippen LogP contribution in [-0.4, -0.2) is 57.1 Å². The first-order chi connectivity index (χ1) is 12.5. The number of amides is 1. The number of hydrogen-bond donors (Lipinski definition) is 2. The number of nitrogens with zero attached hydrogens (tertiary/aromatic N) is 2. The lowest BCUT2D eigenvalue weighted by Gasteiger charge is -2.34. The summed E-state index contributed by atoms with van der Waals surface area (Å²) in [6, 6.07) is 3.23. The van der Waals surface area contributed by atoms with E-state index in [2.05, 4.69) is 20.5 Å². The van der Waals surface area contributed by atoms with E-state index in [1.54, 1.807) is 14.1 Å². The molecule has 0 aromatic heterocycles. The highest BCUT2D eigenvalue weighted by Gasteiger charge is 2.22. The minimum Gasteiger partial charge on any atom is -0.489 e. The maximum Gasteiger partial charge on any atom is 0.220 e. The van der Waals surface area contributed by atoms with Crippen molar-refractivity contribution < 1.29 is 18.3 Å². The largest absolute Gasteiger partial charge is 0.489 e. The summed E-state index contributed by atoms with van der Waals surface area (Å²) in [4.78, 5) is 17.9. The molecule has 1 saturated heterocycles. The molecule has 1 amide bonds. The monoisotopic (exact) mass is 368 g/mol. The number of likely N-dealkylation sites (tertiary alicyclic amines) is 1. The van der Waals surface area contributed by atoms with Gasteiger partial charge < -0.3 is 20.3 Å². The number of aliphatic imine (C=N–C) groups is 1. The number of hydrogen-bond acceptors (Lipinski definition) is 3. The van der Waals surface area contributed by atoms with Gasteiger partial charge in [-0.05, 0) is 30.9 Å². The number of piperidine rings is 1. The first-order valence-electron chi connectivity index (χ1n) is 8.77. The van der Waals surface area contributed by atoms with E-state index in [0.29, 0.717) is 18.9 Å². The zero-order valence-corrected chi connectivity index (χ0v) is 15.2. The van der Waals surface area contributed by atoms with Gasteiger partial charge in [0, 0.05) is 39.7 Å². The number of carbonyl (C=O) groups is 1. The lowest BCUT2D eigenvalue weighted by atomic mass is 9.93. The molecule has 1 aliphatic rings. The second-order valence-electron chi connectivity index (χ2n) is 6.20. The Morgan fingerprint density at radius 2 is 2.08 bits per heavy atom. The van der Waals surface area contributed by atoms with Gasteiger partial charge in [-0.3, -0.25) is 9.79 Å². The summed E-state index contributed by atoms with van der Waals surface area (Å²) in [6.45, 7) is 2.33. The molecule has 26 heavy (non-hydrogen) atoms. The maximum absolute atomic E-state index is 13.5. The number of carbonyl (C=O) groups excluding carboxylic acids is 1. The Morgan fingerprint density at radius 1 is 1.35 bits per heavy atom. The SMILES string of the molecule is CN=C(NCCOc1ccc(F)cc1F)N1CCC(CC(=O)NC)CC1. The van der Waals surface area contributed by atoms with E-state index in [-0.39, 0.29) is 18.3 Å². The third-order valence-corrected chi connectivity index (χ3v) is 4.42. The van der Waals surface area contributed by atoms with E-state index in [4.69, 9.17) is 4.74 Å². The molecule has 2 rings (SSSR count). The Hall–Kier alpha value is -2.38. The van der Waals surface area contributed by atoms with Crippen LogP contribution >= 0.6 is 0 Å². The molecule has 0 aliphatic carbocycles. The highest BCUT2D eigenvalue weighted by molar-refractivity contribution is 5.80. The van der Waals surface area contributed by atoms with Crippen LogP contribution in [0.15, 0.2) is 23.2 Å². The first-order valence-corrected chi connectivity index (χ1v) is 8.77. The summed E-state index contributed by atoms with van der Waals surface area (Å²) in [7, 11) is 3.36. The number of guanidine groups is 1. The maximum atomic E-state index is 13.5. The van der Waals surface area contributed by atoms with Gasteiger partial charge in [0.05, 0.1) is 6.54 Å². The Morgan fingerprint density at radius 3 is 2.69 bits per heavy atom. The van der Waals surface area contributed by atoms with Gasteiger partial charge in [-0.1, -0.05) is 0 Å². The molecule has 1 aliphatic heterocycles. The van der Waals surface area contributed by atoms with E-state index in [0.717, 1.165) is 44.0 Å². The van der Waals surface area contributed by atoms with Crippen LogP contribution in [0.2, 0.25) is 0 Å². The van der Waals surface area contributed by atoms with Crippen LogP contribution in [-0.2, 0) is 4.79 Å². The van der Waals surface area contributed by atoms with Gasteiger partial charge in [-0.2, -0.15) is 0 Å². The van der Waals surface area contributed by atoms with Crippen molar-refractivity contribution in [1.82, 2.24) is 15.5 Å². The van der Waals surface area contributed by atoms with Crippen molar-refractivity contribution in [1.29, 1.82) is 0 Å². The Kier molecular flexibility index (Phi) is 7.62. The molecule has 1 heterocycles. The van der Waals surface area contributed by atoms with Gasteiger partial charge in [0.1, 0.15) is 12.4 Å². The summed E-state index contributed by atoms with van der Waals surface area (Å²) in [5.74, 6) is -0.0873. The summed E-state index contributed by atoms with van der Waals surface area (Å²) < 4.78 is 31.7. The zero-order valence-electron chi connectivity index (χ0n) is 15.2. The molecular formula is C18H26F2N4O2. The van der Waals surface area contributed by atoms with Crippen molar-refractivity contribution in [3.05, 3.63) is 29.8 Å². The molecule has 8 heteroatoms. The van der Waals surface area contributed by atoms with Crippen molar-refractivity contribution in [3.8, 4) is 5.75 Å². The Balaban J connectivity index is 1.72. The van der Waals surface area contributed by atoms with Crippen molar-refractivity contribution >= 4 is 11.9 Å². The summed E-state index contributed by atoms with van der Waals surface area (Å²) in [6.07, 6.45) is 2.43. The number of nitrogens with one attached hydrogen (secondary N) is 2. The minimum atomic E-state index is -0.715. The van der Waals surface area contributed by atoms with E-state index < -0.39 is 11.6 Å². The lowest BCUT2D eigenvalue weighted by molar-refractivity contribution is -0.121. The number of ether oxygens (including phenoxy) is 1. The van der Waals surface area contributed by atoms with E-state index in [1.807, 2.05) is 0 Å². The molecule has 1 aromatic carbocycles. The second kappa shape index (κ2) is 9.94. The van der Waals surface area contributed by atoms with Crippen molar-refractivity contribution in [2.75, 3.05) is 40.3 Å². The summed E-state index contributed by atoms with van der Waals surface area (Å²) >= 11 is 0. The van der Waals surface area contributed by atoms with Gasteiger partial charge in [0.2, 0.25) is 5.91 Å². The third-order valence-electron chi connectivity index (χ3n) is 4.42. The molecule has 1 aromatic rings. The molecule has 1 fully saturated rings. The van der Waals surface area contributed by atoms with Gasteiger partial charge in [0.15, 0.2) is 17.5 Å². The molecule has 0 saturated carbocycles. The highest BCUT2D eigenvalue weighted by Crippen LogP contribution is 2.20. The van der Waals surface area contributed by atoms with E-state index >= 15 is 0 Å². The van der Waals surface area contributed by atoms with Gasteiger partial charge >= 0.3 is 0 Å². The fraction of sp³-hybridized carbons (Fsp3) is 0.556. The molecule has 0 bridgehead atoms. The standard InChI is InChI=1S/C18H26F2N4O2/c1-21-17(25)11-13-5-8-24(9-6-13)18(22-2)23-7-10-26-16-4-3-14(19)12-15(16)20/h3-4,12-13H,5-11H2,1-2H3,(H,21,25)(H,22,23). The Bertz CT molecular complexity index is 632. The van der Waals surface area contributed by atoms with Crippen LogP contribution in [0.5, 0.6) is 5.75 Å². The molecule has 0 unspecified atom stereocenters. The van der Waals surface area contributed by atoms with Crippen LogP contribution in [0.1, 0.15) is 19.3 Å².